The Balaban J connectivity index is 0.000000448. The van der Waals surface area contributed by atoms with Crippen LogP contribution in [-0.2, 0) is 12.8 Å². The van der Waals surface area contributed by atoms with Crippen LogP contribution in [0.15, 0.2) is 60.7 Å². The van der Waals surface area contributed by atoms with E-state index in [0.29, 0.717) is 30.4 Å². The highest BCUT2D eigenvalue weighted by molar-refractivity contribution is 6.30. The summed E-state index contributed by atoms with van der Waals surface area (Å²) in [5.41, 5.74) is 2.90. The number of carboxylic acid groups (broad SMARTS) is 1. The Morgan fingerprint density at radius 2 is 1.15 bits per heavy atom. The van der Waals surface area contributed by atoms with E-state index in [9.17, 15) is 9.90 Å². The van der Waals surface area contributed by atoms with E-state index in [-0.39, 0.29) is 11.7 Å². The van der Waals surface area contributed by atoms with Gasteiger partial charge in [-0.15, -0.1) is 0 Å². The normalized spacial score (nSPS) is 20.9. The molecule has 0 bridgehead atoms. The zero-order chi connectivity index (χ0) is 38.2. The van der Waals surface area contributed by atoms with Crippen molar-refractivity contribution in [3.63, 3.8) is 0 Å². The number of aliphatic hydroxyl groups excluding tert-OH is 1. The Labute approximate surface area is 332 Å². The van der Waals surface area contributed by atoms with Crippen molar-refractivity contribution in [1.29, 1.82) is 0 Å². The molecule has 0 radical (unpaired) electrons. The highest BCUT2D eigenvalue weighted by Gasteiger charge is 2.32. The molecule has 1 saturated carbocycles. The summed E-state index contributed by atoms with van der Waals surface area (Å²) in [5.74, 6) is 3.56. The number of ether oxygens (including phenoxy) is 4. The van der Waals surface area contributed by atoms with Crippen LogP contribution in [0.3, 0.4) is 0 Å². The van der Waals surface area contributed by atoms with Gasteiger partial charge in [-0.1, -0.05) is 75.1 Å². The maximum Gasteiger partial charge on any atom is 0.335 e. The number of unbranched alkanes of at least 4 members (excludes halogenated alkanes) is 2. The maximum atomic E-state index is 11.9. The Morgan fingerprint density at radius 3 is 1.69 bits per heavy atom. The van der Waals surface area contributed by atoms with Crippen LogP contribution in [-0.4, -0.2) is 84.9 Å². The number of halogens is 1. The first-order chi connectivity index (χ1) is 26.9. The maximum absolute atomic E-state index is 11.9. The lowest BCUT2D eigenvalue weighted by atomic mass is 9.80. The van der Waals surface area contributed by atoms with Gasteiger partial charge in [0, 0.05) is 24.0 Å². The monoisotopic (exact) mass is 776 g/mol. The molecule has 55 heavy (non-hydrogen) atoms. The first-order valence-electron chi connectivity index (χ1n) is 20.8. The van der Waals surface area contributed by atoms with Crippen LogP contribution in [0.2, 0.25) is 5.02 Å². The number of hydrogen-bond donors (Lipinski definition) is 2. The molecule has 0 spiro atoms. The largest absolute Gasteiger partial charge is 0.478 e. The summed E-state index contributed by atoms with van der Waals surface area (Å²) >= 11 is 5.52. The van der Waals surface area contributed by atoms with Crippen molar-refractivity contribution in [1.82, 2.24) is 9.80 Å². The third-order valence-corrected chi connectivity index (χ3v) is 12.0. The molecule has 3 heterocycles. The van der Waals surface area contributed by atoms with Crippen LogP contribution >= 0.6 is 11.6 Å². The van der Waals surface area contributed by atoms with E-state index in [4.69, 9.17) is 35.7 Å². The molecule has 2 fully saturated rings. The fourth-order valence-corrected chi connectivity index (χ4v) is 8.72. The van der Waals surface area contributed by atoms with Crippen molar-refractivity contribution in [2.75, 3.05) is 52.9 Å². The van der Waals surface area contributed by atoms with Crippen LogP contribution in [0.1, 0.15) is 105 Å². The fourth-order valence-electron chi connectivity index (χ4n) is 8.60. The Bertz CT molecular complexity index is 1610. The molecular weight excluding hydrogens is 716 g/mol. The Morgan fingerprint density at radius 1 is 0.636 bits per heavy atom. The van der Waals surface area contributed by atoms with Gasteiger partial charge in [-0.25, -0.2) is 4.79 Å². The predicted octanol–water partition coefficient (Wildman–Crippen LogP) is 9.26. The zero-order valence-corrected chi connectivity index (χ0v) is 33.2. The van der Waals surface area contributed by atoms with Crippen molar-refractivity contribution in [2.45, 2.75) is 102 Å². The quantitative estimate of drug-likeness (QED) is 0.174. The van der Waals surface area contributed by atoms with Crippen LogP contribution in [0.25, 0.3) is 0 Å². The summed E-state index contributed by atoms with van der Waals surface area (Å²) in [6.07, 6.45) is 18.4. The number of rotatable bonds is 12. The summed E-state index contributed by atoms with van der Waals surface area (Å²) in [7, 11) is 0. The van der Waals surface area contributed by atoms with Gasteiger partial charge in [0.15, 0.2) is 23.0 Å². The summed E-state index contributed by atoms with van der Waals surface area (Å²) < 4.78 is 22.1. The van der Waals surface area contributed by atoms with Crippen molar-refractivity contribution in [3.8, 4) is 23.0 Å². The molecule has 2 unspecified atom stereocenters. The predicted molar refractivity (Wildman–Crippen MR) is 217 cm³/mol. The summed E-state index contributed by atoms with van der Waals surface area (Å²) in [4.78, 5) is 15.6. The van der Waals surface area contributed by atoms with Crippen LogP contribution in [0.4, 0.5) is 0 Å². The standard InChI is InChI=1S/C38H56N2O5.C7H5ClO2/c41-34-27-40(21-10-8-13-31-17-19-36-38(25-31)45-29-43-36)23-11-22-39(26-33(34)32-14-5-3-1-2-4-6-15-32)20-9-7-12-30-16-18-35-37(24-30)44-28-42-35;8-6-3-1-5(2-4-6)7(9)10/h16-19,24-25,32-34,41H,1-15,20-23,26-29H2;1-4H,(H,9,10). The lowest BCUT2D eigenvalue weighted by Gasteiger charge is -2.36. The molecule has 4 aliphatic rings. The molecule has 1 saturated heterocycles. The number of carboxylic acids is 1. The number of β-amino-alcohol motifs (C(OH)–C–C–N with tert-alkyl or cyclic N) is 1. The lowest BCUT2D eigenvalue weighted by Crippen LogP contribution is -2.43. The number of aliphatic hydroxyl groups is 1. The van der Waals surface area contributed by atoms with Crippen molar-refractivity contribution >= 4 is 17.6 Å². The second-order valence-corrected chi connectivity index (χ2v) is 16.2. The number of aryl methyl sites for hydroxylation is 2. The topological polar surface area (TPSA) is 101 Å². The minimum absolute atomic E-state index is 0.251. The number of benzene rings is 3. The Hall–Kier alpha value is -3.50. The summed E-state index contributed by atoms with van der Waals surface area (Å²) in [5, 5.41) is 20.9. The molecule has 7 rings (SSSR count). The molecule has 300 valence electrons. The van der Waals surface area contributed by atoms with Crippen LogP contribution in [0, 0.1) is 11.8 Å². The van der Waals surface area contributed by atoms with Gasteiger partial charge in [0.25, 0.3) is 0 Å². The minimum atomic E-state index is -0.934. The lowest BCUT2D eigenvalue weighted by molar-refractivity contribution is 0.0219. The average Bonchev–Trinajstić information content (AvgIpc) is 3.89. The van der Waals surface area contributed by atoms with Gasteiger partial charge in [0.05, 0.1) is 11.7 Å². The first-order valence-corrected chi connectivity index (χ1v) is 21.2. The van der Waals surface area contributed by atoms with E-state index < -0.39 is 5.97 Å². The number of carbonyl (C=O) groups is 1. The molecular formula is C45H61ClN2O7. The van der Waals surface area contributed by atoms with Gasteiger partial charge in [-0.2, -0.15) is 0 Å². The third-order valence-electron chi connectivity index (χ3n) is 11.7. The van der Waals surface area contributed by atoms with Crippen LogP contribution < -0.4 is 18.9 Å². The van der Waals surface area contributed by atoms with Gasteiger partial charge in [-0.05, 0) is 137 Å². The Kier molecular flexibility index (Phi) is 16.2. The molecule has 2 atom stereocenters. The third kappa shape index (κ3) is 13.0. The van der Waals surface area contributed by atoms with E-state index in [0.717, 1.165) is 87.9 Å². The molecule has 3 aliphatic heterocycles. The molecule has 3 aromatic rings. The van der Waals surface area contributed by atoms with E-state index in [2.05, 4.69) is 34.1 Å². The molecule has 2 N–H and O–H groups in total. The highest BCUT2D eigenvalue weighted by Crippen LogP contribution is 2.35. The smallest absolute Gasteiger partial charge is 0.335 e. The zero-order valence-electron chi connectivity index (χ0n) is 32.5. The molecule has 9 nitrogen and oxygen atoms in total. The average molecular weight is 777 g/mol. The van der Waals surface area contributed by atoms with E-state index in [1.54, 1.807) is 12.1 Å². The molecule has 0 amide bonds. The fraction of sp³-hybridized carbons (Fsp3) is 0.578. The highest BCUT2D eigenvalue weighted by atomic mass is 35.5. The van der Waals surface area contributed by atoms with Crippen molar-refractivity contribution < 1.29 is 34.0 Å². The SMILES string of the molecule is O=C(O)c1ccc(Cl)cc1.OC1CN(CCCCc2ccc3c(c2)OCO3)CCCN(CCCCc2ccc3c(c2)OCO3)CC1C1CCCCCCCC1. The minimum Gasteiger partial charge on any atom is -0.478 e. The van der Waals surface area contributed by atoms with Gasteiger partial charge < -0.3 is 39.0 Å². The van der Waals surface area contributed by atoms with Crippen molar-refractivity contribution in [2.24, 2.45) is 11.8 Å². The van der Waals surface area contributed by atoms with E-state index in [1.807, 2.05) is 12.1 Å². The van der Waals surface area contributed by atoms with Crippen molar-refractivity contribution in [3.05, 3.63) is 82.4 Å². The molecule has 10 heteroatoms. The van der Waals surface area contributed by atoms with Crippen LogP contribution in [0.5, 0.6) is 23.0 Å². The van der Waals surface area contributed by atoms with Gasteiger partial charge in [0.1, 0.15) is 0 Å². The van der Waals surface area contributed by atoms with E-state index >= 15 is 0 Å². The molecule has 3 aromatic carbocycles. The van der Waals surface area contributed by atoms with E-state index in [1.165, 1.54) is 93.9 Å². The second-order valence-electron chi connectivity index (χ2n) is 15.7. The number of hydrogen-bond acceptors (Lipinski definition) is 8. The number of aromatic carboxylic acids is 1. The molecule has 1 aliphatic carbocycles. The van der Waals surface area contributed by atoms with Gasteiger partial charge >= 0.3 is 5.97 Å². The number of fused-ring (bicyclic) bond motifs is 2. The molecule has 0 aromatic heterocycles. The summed E-state index contributed by atoms with van der Waals surface area (Å²) in [6.45, 7) is 6.93. The van der Waals surface area contributed by atoms with Gasteiger partial charge in [-0.3, -0.25) is 0 Å². The second kappa shape index (κ2) is 21.7. The van der Waals surface area contributed by atoms with Gasteiger partial charge in [0.2, 0.25) is 13.6 Å². The summed E-state index contributed by atoms with van der Waals surface area (Å²) in [6, 6.07) is 18.7. The first kappa shape index (κ1) is 41.1. The number of nitrogens with zero attached hydrogens (tertiary/aromatic N) is 2.